The number of rotatable bonds is 4. The van der Waals surface area contributed by atoms with E-state index in [2.05, 4.69) is 15.5 Å². The van der Waals surface area contributed by atoms with Gasteiger partial charge in [-0.1, -0.05) is 0 Å². The average Bonchev–Trinajstić information content (AvgIpc) is 2.81. The number of nitrogens with zero attached hydrogens (tertiary/aromatic N) is 1. The van der Waals surface area contributed by atoms with Crippen LogP contribution in [-0.4, -0.2) is 45.5 Å². The molecule has 0 radical (unpaired) electrons. The highest BCUT2D eigenvalue weighted by molar-refractivity contribution is 7.89. The third-order valence-corrected chi connectivity index (χ3v) is 4.54. The van der Waals surface area contributed by atoms with E-state index in [0.717, 1.165) is 19.4 Å². The van der Waals surface area contributed by atoms with Gasteiger partial charge in [0.2, 0.25) is 10.0 Å². The summed E-state index contributed by atoms with van der Waals surface area (Å²) < 4.78 is 22.2. The van der Waals surface area contributed by atoms with E-state index in [9.17, 15) is 13.2 Å². The Hall–Kier alpha value is -1.64. The van der Waals surface area contributed by atoms with E-state index >= 15 is 0 Å². The van der Waals surface area contributed by atoms with E-state index < -0.39 is 10.0 Å². The summed E-state index contributed by atoms with van der Waals surface area (Å²) in [7, 11) is -1.66. The number of likely N-dealkylation sites (N-methyl/N-ethyl adjacent to an activating group) is 1. The van der Waals surface area contributed by atoms with E-state index in [-0.39, 0.29) is 10.9 Å². The van der Waals surface area contributed by atoms with Crippen molar-refractivity contribution in [2.75, 3.05) is 25.5 Å². The van der Waals surface area contributed by atoms with Gasteiger partial charge in [0, 0.05) is 18.3 Å². The minimum atomic E-state index is -3.71. The Balaban J connectivity index is 1.85. The third-order valence-electron chi connectivity index (χ3n) is 3.61. The molecule has 1 aromatic rings. The molecule has 2 amide bonds. The zero-order valence-corrected chi connectivity index (χ0v) is 12.7. The molecule has 8 heteroatoms. The van der Waals surface area contributed by atoms with Gasteiger partial charge in [0.15, 0.2) is 0 Å². The summed E-state index contributed by atoms with van der Waals surface area (Å²) in [6, 6.07) is 5.78. The molecule has 0 aliphatic carbocycles. The monoisotopic (exact) mass is 312 g/mol. The van der Waals surface area contributed by atoms with Crippen molar-refractivity contribution < 1.29 is 13.2 Å². The fraction of sp³-hybridized carbons (Fsp3) is 0.462. The summed E-state index contributed by atoms with van der Waals surface area (Å²) in [6.45, 7) is 1.65. The topological polar surface area (TPSA) is 105 Å². The van der Waals surface area contributed by atoms with Crippen LogP contribution in [0.3, 0.4) is 0 Å². The Morgan fingerprint density at radius 1 is 1.38 bits per heavy atom. The zero-order valence-electron chi connectivity index (χ0n) is 11.9. The van der Waals surface area contributed by atoms with Gasteiger partial charge in [-0.05, 0) is 50.7 Å². The molecule has 0 unspecified atom stereocenters. The fourth-order valence-corrected chi connectivity index (χ4v) is 2.87. The van der Waals surface area contributed by atoms with Gasteiger partial charge in [-0.15, -0.1) is 0 Å². The summed E-state index contributed by atoms with van der Waals surface area (Å²) in [5.41, 5.74) is 0.514. The van der Waals surface area contributed by atoms with Crippen molar-refractivity contribution in [2.24, 2.45) is 5.14 Å². The third kappa shape index (κ3) is 4.42. The number of likely N-dealkylation sites (tertiary alicyclic amines) is 1. The SMILES string of the molecule is CN1CCC[C@H]1CNC(=O)Nc1ccc(S(N)(=O)=O)cc1. The second kappa shape index (κ2) is 6.42. The lowest BCUT2D eigenvalue weighted by molar-refractivity contribution is 0.245. The van der Waals surface area contributed by atoms with Gasteiger partial charge in [-0.3, -0.25) is 0 Å². The number of hydrogen-bond donors (Lipinski definition) is 3. The number of benzene rings is 1. The van der Waals surface area contributed by atoms with Crippen LogP contribution in [0.25, 0.3) is 0 Å². The van der Waals surface area contributed by atoms with Gasteiger partial charge in [-0.2, -0.15) is 0 Å². The lowest BCUT2D eigenvalue weighted by atomic mass is 10.2. The van der Waals surface area contributed by atoms with Gasteiger partial charge >= 0.3 is 6.03 Å². The van der Waals surface area contributed by atoms with Crippen molar-refractivity contribution in [1.82, 2.24) is 10.2 Å². The summed E-state index contributed by atoms with van der Waals surface area (Å²) in [5, 5.41) is 10.5. The Bertz CT molecular complexity index is 600. The van der Waals surface area contributed by atoms with E-state index in [4.69, 9.17) is 5.14 Å². The van der Waals surface area contributed by atoms with Crippen LogP contribution in [0.15, 0.2) is 29.2 Å². The summed E-state index contributed by atoms with van der Waals surface area (Å²) in [4.78, 5) is 14.0. The second-order valence-electron chi connectivity index (χ2n) is 5.18. The predicted molar refractivity (Wildman–Crippen MR) is 80.5 cm³/mol. The van der Waals surface area contributed by atoms with Crippen molar-refractivity contribution in [2.45, 2.75) is 23.8 Å². The molecule has 4 N–H and O–H groups in total. The second-order valence-corrected chi connectivity index (χ2v) is 6.74. The highest BCUT2D eigenvalue weighted by Crippen LogP contribution is 2.14. The number of sulfonamides is 1. The lowest BCUT2D eigenvalue weighted by Crippen LogP contribution is -2.40. The van der Waals surface area contributed by atoms with Crippen molar-refractivity contribution in [3.63, 3.8) is 0 Å². The first-order valence-electron chi connectivity index (χ1n) is 6.74. The molecule has 1 atom stereocenters. The summed E-state index contributed by atoms with van der Waals surface area (Å²) in [5.74, 6) is 0. The normalized spacial score (nSPS) is 19.4. The van der Waals surface area contributed by atoms with Crippen LogP contribution in [0.5, 0.6) is 0 Å². The zero-order chi connectivity index (χ0) is 15.5. The fourth-order valence-electron chi connectivity index (χ4n) is 2.35. The molecule has 1 heterocycles. The number of nitrogens with one attached hydrogen (secondary N) is 2. The van der Waals surface area contributed by atoms with Gasteiger partial charge in [0.25, 0.3) is 0 Å². The van der Waals surface area contributed by atoms with Crippen molar-refractivity contribution in [1.29, 1.82) is 0 Å². The Morgan fingerprint density at radius 3 is 2.57 bits per heavy atom. The molecule has 2 rings (SSSR count). The number of carbonyl (C=O) groups excluding carboxylic acids is 1. The van der Waals surface area contributed by atoms with E-state index in [1.165, 1.54) is 24.3 Å². The van der Waals surface area contributed by atoms with E-state index in [1.807, 2.05) is 7.05 Å². The first-order chi connectivity index (χ1) is 9.86. The van der Waals surface area contributed by atoms with Crippen LogP contribution >= 0.6 is 0 Å². The standard InChI is InChI=1S/C13H20N4O3S/c1-17-8-2-3-11(17)9-15-13(18)16-10-4-6-12(7-5-10)21(14,19)20/h4-7,11H,2-3,8-9H2,1H3,(H2,14,19,20)(H2,15,16,18)/t11-/m0/s1. The number of nitrogens with two attached hydrogens (primary N) is 1. The average molecular weight is 312 g/mol. The summed E-state index contributed by atoms with van der Waals surface area (Å²) >= 11 is 0. The molecule has 1 aliphatic rings. The predicted octanol–water partition coefficient (Wildman–Crippen LogP) is 0.550. The molecule has 0 spiro atoms. The molecule has 21 heavy (non-hydrogen) atoms. The number of urea groups is 1. The maximum atomic E-state index is 11.8. The van der Waals surface area contributed by atoms with Crippen molar-refractivity contribution >= 4 is 21.7 Å². The van der Waals surface area contributed by atoms with Crippen LogP contribution < -0.4 is 15.8 Å². The number of anilines is 1. The molecular weight excluding hydrogens is 292 g/mol. The molecule has 0 bridgehead atoms. The molecular formula is C13H20N4O3S. The van der Waals surface area contributed by atoms with E-state index in [0.29, 0.717) is 18.3 Å². The minimum absolute atomic E-state index is 0.0149. The van der Waals surface area contributed by atoms with Crippen LogP contribution in [0.1, 0.15) is 12.8 Å². The smallest absolute Gasteiger partial charge is 0.319 e. The van der Waals surface area contributed by atoms with Gasteiger partial charge in [0.1, 0.15) is 0 Å². The molecule has 1 aliphatic heterocycles. The number of carbonyl (C=O) groups is 1. The first-order valence-corrected chi connectivity index (χ1v) is 8.29. The Kier molecular flexibility index (Phi) is 4.81. The highest BCUT2D eigenvalue weighted by atomic mass is 32.2. The van der Waals surface area contributed by atoms with Crippen LogP contribution in [0.2, 0.25) is 0 Å². The van der Waals surface area contributed by atoms with Crippen molar-refractivity contribution in [3.05, 3.63) is 24.3 Å². The quantitative estimate of drug-likeness (QED) is 0.755. The maximum Gasteiger partial charge on any atom is 0.319 e. The molecule has 1 fully saturated rings. The van der Waals surface area contributed by atoms with Gasteiger partial charge in [0.05, 0.1) is 4.90 Å². The largest absolute Gasteiger partial charge is 0.336 e. The maximum absolute atomic E-state index is 11.8. The van der Waals surface area contributed by atoms with Gasteiger partial charge < -0.3 is 15.5 Å². The molecule has 1 aromatic carbocycles. The van der Waals surface area contributed by atoms with Crippen molar-refractivity contribution in [3.8, 4) is 0 Å². The minimum Gasteiger partial charge on any atom is -0.336 e. The number of amides is 2. The molecule has 1 saturated heterocycles. The Morgan fingerprint density at radius 2 is 2.05 bits per heavy atom. The molecule has 0 aromatic heterocycles. The number of hydrogen-bond acceptors (Lipinski definition) is 4. The van der Waals surface area contributed by atoms with Crippen LogP contribution in [-0.2, 0) is 10.0 Å². The summed E-state index contributed by atoms with van der Waals surface area (Å²) in [6.07, 6.45) is 2.24. The Labute approximate surface area is 124 Å². The molecule has 116 valence electrons. The molecule has 7 nitrogen and oxygen atoms in total. The van der Waals surface area contributed by atoms with Crippen LogP contribution in [0, 0.1) is 0 Å². The highest BCUT2D eigenvalue weighted by Gasteiger charge is 2.20. The lowest BCUT2D eigenvalue weighted by Gasteiger charge is -2.19. The van der Waals surface area contributed by atoms with E-state index in [1.54, 1.807) is 0 Å². The molecule has 0 saturated carbocycles. The number of primary sulfonamides is 1. The first kappa shape index (κ1) is 15.7. The van der Waals surface area contributed by atoms with Crippen LogP contribution in [0.4, 0.5) is 10.5 Å². The van der Waals surface area contributed by atoms with Gasteiger partial charge in [-0.25, -0.2) is 18.4 Å².